The fourth-order valence-corrected chi connectivity index (χ4v) is 2.58. The molecule has 2 heteroatoms. The minimum absolute atomic E-state index is 0.0265. The van der Waals surface area contributed by atoms with Crippen molar-refractivity contribution in [2.45, 2.75) is 103 Å². The predicted octanol–water partition coefficient (Wildman–Crippen LogP) is 6.20. The second-order valence-electron chi connectivity index (χ2n) is 6.13. The smallest absolute Gasteiger partial charge is 0.330 e. The number of rotatable bonds is 15. The number of hydrogen-bond donors (Lipinski definition) is 0. The summed E-state index contributed by atoms with van der Waals surface area (Å²) < 4.78 is 5.14. The van der Waals surface area contributed by atoms with Gasteiger partial charge in [-0.3, -0.25) is 0 Å². The first-order valence-corrected chi connectivity index (χ1v) is 9.03. The van der Waals surface area contributed by atoms with Crippen LogP contribution in [0.3, 0.4) is 0 Å². The van der Waals surface area contributed by atoms with E-state index < -0.39 is 0 Å². The zero-order valence-electron chi connectivity index (χ0n) is 14.4. The second-order valence-corrected chi connectivity index (χ2v) is 6.13. The van der Waals surface area contributed by atoms with E-state index in [2.05, 4.69) is 13.5 Å². The van der Waals surface area contributed by atoms with Crippen LogP contribution in [0.1, 0.15) is 97.3 Å². The minimum Gasteiger partial charge on any atom is -0.460 e. The molecule has 0 aliphatic carbocycles. The van der Waals surface area contributed by atoms with Gasteiger partial charge in [-0.05, 0) is 19.8 Å². The number of carbonyl (C=O) groups excluding carboxylic acids is 1. The van der Waals surface area contributed by atoms with Gasteiger partial charge in [0.05, 0.1) is 6.10 Å². The molecule has 0 amide bonds. The number of unbranched alkanes of at least 4 members (excludes halogenated alkanes) is 11. The molecule has 0 aromatic heterocycles. The molecule has 2 nitrogen and oxygen atoms in total. The van der Waals surface area contributed by atoms with Gasteiger partial charge in [0.25, 0.3) is 0 Å². The Kier molecular flexibility index (Phi) is 15.0. The molecule has 0 rings (SSSR count). The van der Waals surface area contributed by atoms with Crippen LogP contribution in [0.15, 0.2) is 12.7 Å². The number of ether oxygens (including phenoxy) is 1. The van der Waals surface area contributed by atoms with E-state index in [1.165, 1.54) is 76.7 Å². The summed E-state index contributed by atoms with van der Waals surface area (Å²) in [7, 11) is 0. The van der Waals surface area contributed by atoms with E-state index in [4.69, 9.17) is 4.74 Å². The monoisotopic (exact) mass is 296 g/mol. The lowest BCUT2D eigenvalue weighted by molar-refractivity contribution is -0.142. The van der Waals surface area contributed by atoms with E-state index in [1.54, 1.807) is 0 Å². The number of hydrogen-bond acceptors (Lipinski definition) is 2. The maximum atomic E-state index is 11.0. The average molecular weight is 296 g/mol. The Bertz CT molecular complexity index is 248. The van der Waals surface area contributed by atoms with Gasteiger partial charge in [-0.15, -0.1) is 0 Å². The molecule has 0 spiro atoms. The molecule has 0 radical (unpaired) electrons. The van der Waals surface area contributed by atoms with Crippen molar-refractivity contribution < 1.29 is 9.53 Å². The Hall–Kier alpha value is -0.790. The van der Waals surface area contributed by atoms with Gasteiger partial charge in [-0.25, -0.2) is 4.79 Å². The van der Waals surface area contributed by atoms with Crippen molar-refractivity contribution in [1.82, 2.24) is 0 Å². The lowest BCUT2D eigenvalue weighted by Crippen LogP contribution is -2.12. The highest BCUT2D eigenvalue weighted by Crippen LogP contribution is 2.13. The van der Waals surface area contributed by atoms with Crippen LogP contribution in [-0.4, -0.2) is 12.1 Å². The van der Waals surface area contributed by atoms with Gasteiger partial charge >= 0.3 is 5.97 Å². The molecule has 0 heterocycles. The molecule has 0 aromatic carbocycles. The van der Waals surface area contributed by atoms with Gasteiger partial charge in [0, 0.05) is 6.08 Å². The molecule has 0 bridgehead atoms. The summed E-state index contributed by atoms with van der Waals surface area (Å²) in [4.78, 5) is 11.0. The molecule has 21 heavy (non-hydrogen) atoms. The van der Waals surface area contributed by atoms with Crippen LogP contribution in [0.5, 0.6) is 0 Å². The predicted molar refractivity (Wildman–Crippen MR) is 91.4 cm³/mol. The van der Waals surface area contributed by atoms with E-state index in [9.17, 15) is 4.79 Å². The molecular weight excluding hydrogens is 260 g/mol. The summed E-state index contributed by atoms with van der Waals surface area (Å²) in [5, 5.41) is 0. The van der Waals surface area contributed by atoms with Crippen LogP contribution in [0.25, 0.3) is 0 Å². The lowest BCUT2D eigenvalue weighted by atomic mass is 10.0. The average Bonchev–Trinajstić information content (AvgIpc) is 2.48. The third-order valence-corrected chi connectivity index (χ3v) is 3.95. The molecule has 0 aromatic rings. The molecule has 0 aliphatic heterocycles. The Balaban J connectivity index is 3.15. The van der Waals surface area contributed by atoms with Crippen molar-refractivity contribution in [2.75, 3.05) is 0 Å². The largest absolute Gasteiger partial charge is 0.460 e. The molecule has 0 fully saturated rings. The van der Waals surface area contributed by atoms with Crippen molar-refractivity contribution in [2.24, 2.45) is 0 Å². The van der Waals surface area contributed by atoms with Gasteiger partial charge in [-0.1, -0.05) is 84.1 Å². The molecule has 0 saturated carbocycles. The summed E-state index contributed by atoms with van der Waals surface area (Å²) in [6.45, 7) is 7.63. The van der Waals surface area contributed by atoms with Crippen molar-refractivity contribution in [1.29, 1.82) is 0 Å². The summed E-state index contributed by atoms with van der Waals surface area (Å²) in [6.07, 6.45) is 18.5. The Morgan fingerprint density at radius 1 is 0.905 bits per heavy atom. The van der Waals surface area contributed by atoms with Crippen LogP contribution in [-0.2, 0) is 9.53 Å². The molecular formula is C19H36O2. The van der Waals surface area contributed by atoms with Crippen LogP contribution < -0.4 is 0 Å². The minimum atomic E-state index is -0.304. The fourth-order valence-electron chi connectivity index (χ4n) is 2.58. The summed E-state index contributed by atoms with van der Waals surface area (Å²) in [6, 6.07) is 0. The number of carbonyl (C=O) groups is 1. The maximum absolute atomic E-state index is 11.0. The maximum Gasteiger partial charge on any atom is 0.330 e. The Labute approximate surface area is 132 Å². The quantitative estimate of drug-likeness (QED) is 0.204. The molecule has 0 saturated heterocycles. The Morgan fingerprint density at radius 3 is 1.76 bits per heavy atom. The second kappa shape index (κ2) is 15.6. The third-order valence-electron chi connectivity index (χ3n) is 3.95. The zero-order chi connectivity index (χ0) is 15.8. The van der Waals surface area contributed by atoms with Crippen molar-refractivity contribution >= 4 is 5.97 Å². The fraction of sp³-hybridized carbons (Fsp3) is 0.842. The lowest BCUT2D eigenvalue weighted by Gasteiger charge is -2.11. The molecule has 0 N–H and O–H groups in total. The SMILES string of the molecule is C=CC(=O)OC(C)CCCCCCCCCCCCCC. The van der Waals surface area contributed by atoms with Gasteiger partial charge in [0.15, 0.2) is 0 Å². The molecule has 0 aliphatic rings. The first kappa shape index (κ1) is 20.2. The van der Waals surface area contributed by atoms with E-state index in [1.807, 2.05) is 6.92 Å². The summed E-state index contributed by atoms with van der Waals surface area (Å²) >= 11 is 0. The molecule has 124 valence electrons. The van der Waals surface area contributed by atoms with Gasteiger partial charge in [0.2, 0.25) is 0 Å². The van der Waals surface area contributed by atoms with Gasteiger partial charge < -0.3 is 4.74 Å². The van der Waals surface area contributed by atoms with Crippen molar-refractivity contribution in [3.05, 3.63) is 12.7 Å². The summed E-state index contributed by atoms with van der Waals surface area (Å²) in [5.74, 6) is -0.304. The van der Waals surface area contributed by atoms with Crippen LogP contribution >= 0.6 is 0 Å². The molecule has 1 atom stereocenters. The van der Waals surface area contributed by atoms with E-state index in [-0.39, 0.29) is 12.1 Å². The normalized spacial score (nSPS) is 12.1. The van der Waals surface area contributed by atoms with Crippen LogP contribution in [0.4, 0.5) is 0 Å². The van der Waals surface area contributed by atoms with Crippen LogP contribution in [0, 0.1) is 0 Å². The topological polar surface area (TPSA) is 26.3 Å². The highest BCUT2D eigenvalue weighted by Gasteiger charge is 2.05. The highest BCUT2D eigenvalue weighted by molar-refractivity contribution is 5.81. The van der Waals surface area contributed by atoms with E-state index >= 15 is 0 Å². The first-order valence-electron chi connectivity index (χ1n) is 9.03. The van der Waals surface area contributed by atoms with E-state index in [0.717, 1.165) is 12.8 Å². The van der Waals surface area contributed by atoms with Crippen molar-refractivity contribution in [3.8, 4) is 0 Å². The van der Waals surface area contributed by atoms with Crippen molar-refractivity contribution in [3.63, 3.8) is 0 Å². The highest BCUT2D eigenvalue weighted by atomic mass is 16.5. The summed E-state index contributed by atoms with van der Waals surface area (Å²) in [5.41, 5.74) is 0. The van der Waals surface area contributed by atoms with E-state index in [0.29, 0.717) is 0 Å². The zero-order valence-corrected chi connectivity index (χ0v) is 14.4. The third kappa shape index (κ3) is 15.4. The number of esters is 1. The standard InChI is InChI=1S/C19H36O2/c1-4-6-7-8-9-10-11-12-13-14-15-16-17-18(3)21-19(20)5-2/h5,18H,2,4,6-17H2,1,3H3. The van der Waals surface area contributed by atoms with Crippen LogP contribution in [0.2, 0.25) is 0 Å². The molecule has 1 unspecified atom stereocenters. The van der Waals surface area contributed by atoms with Gasteiger partial charge in [0.1, 0.15) is 0 Å². The Morgan fingerprint density at radius 2 is 1.33 bits per heavy atom. The van der Waals surface area contributed by atoms with Gasteiger partial charge in [-0.2, -0.15) is 0 Å². The first-order chi connectivity index (χ1) is 10.2.